The molecule has 0 aliphatic carbocycles. The van der Waals surface area contributed by atoms with Gasteiger partial charge in [-0.25, -0.2) is 9.97 Å². The monoisotopic (exact) mass is 394 g/mol. The molecule has 2 aromatic rings. The third-order valence-corrected chi connectivity index (χ3v) is 5.75. The van der Waals surface area contributed by atoms with Gasteiger partial charge >= 0.3 is 0 Å². The van der Waals surface area contributed by atoms with Gasteiger partial charge in [-0.3, -0.25) is 4.79 Å². The molecule has 156 valence electrons. The molecule has 1 aromatic carbocycles. The number of aromatic nitrogens is 2. The van der Waals surface area contributed by atoms with Gasteiger partial charge in [0.15, 0.2) is 5.82 Å². The third-order valence-electron chi connectivity index (χ3n) is 5.75. The van der Waals surface area contributed by atoms with E-state index in [1.165, 1.54) is 11.1 Å². The summed E-state index contributed by atoms with van der Waals surface area (Å²) in [6, 6.07) is 8.36. The van der Waals surface area contributed by atoms with Gasteiger partial charge in [0.2, 0.25) is 5.91 Å². The van der Waals surface area contributed by atoms with E-state index in [1.54, 1.807) is 0 Å². The average molecular weight is 395 g/mol. The number of piperazine rings is 1. The van der Waals surface area contributed by atoms with Gasteiger partial charge in [-0.1, -0.05) is 50.5 Å². The fourth-order valence-corrected chi connectivity index (χ4v) is 4.02. The maximum absolute atomic E-state index is 12.4. The number of carbonyl (C=O) groups is 1. The Kier molecular flexibility index (Phi) is 7.24. The second-order valence-electron chi connectivity index (χ2n) is 7.98. The molecule has 0 saturated carbocycles. The second kappa shape index (κ2) is 9.86. The quantitative estimate of drug-likeness (QED) is 0.647. The van der Waals surface area contributed by atoms with Crippen molar-refractivity contribution in [3.63, 3.8) is 0 Å². The Morgan fingerprint density at radius 3 is 2.45 bits per heavy atom. The molecular formula is C24H34N4O. The molecule has 29 heavy (non-hydrogen) atoms. The fourth-order valence-electron chi connectivity index (χ4n) is 4.02. The summed E-state index contributed by atoms with van der Waals surface area (Å²) in [6.07, 6.45) is 4.87. The number of rotatable bonds is 7. The van der Waals surface area contributed by atoms with Gasteiger partial charge in [0.25, 0.3) is 0 Å². The number of benzene rings is 1. The Morgan fingerprint density at radius 1 is 1.03 bits per heavy atom. The van der Waals surface area contributed by atoms with Crippen molar-refractivity contribution < 1.29 is 4.79 Å². The van der Waals surface area contributed by atoms with Crippen LogP contribution in [-0.2, 0) is 11.2 Å². The highest BCUT2D eigenvalue weighted by Crippen LogP contribution is 2.27. The summed E-state index contributed by atoms with van der Waals surface area (Å²) in [4.78, 5) is 26.6. The van der Waals surface area contributed by atoms with Crippen molar-refractivity contribution in [3.05, 3.63) is 41.1 Å². The van der Waals surface area contributed by atoms with Crippen LogP contribution in [0, 0.1) is 13.8 Å². The van der Waals surface area contributed by atoms with E-state index in [-0.39, 0.29) is 0 Å². The smallest absolute Gasteiger partial charge is 0.222 e. The summed E-state index contributed by atoms with van der Waals surface area (Å²) in [6.45, 7) is 11.7. The predicted octanol–water partition coefficient (Wildman–Crippen LogP) is 4.55. The van der Waals surface area contributed by atoms with Crippen molar-refractivity contribution >= 4 is 11.7 Å². The highest BCUT2D eigenvalue weighted by molar-refractivity contribution is 5.76. The topological polar surface area (TPSA) is 49.3 Å². The maximum Gasteiger partial charge on any atom is 0.222 e. The highest BCUT2D eigenvalue weighted by atomic mass is 16.2. The minimum Gasteiger partial charge on any atom is -0.353 e. The number of unbranched alkanes of at least 4 members (excludes halogenated alkanes) is 2. The molecule has 1 saturated heterocycles. The van der Waals surface area contributed by atoms with Crippen molar-refractivity contribution in [3.8, 4) is 11.4 Å². The lowest BCUT2D eigenvalue weighted by Gasteiger charge is -2.36. The molecule has 0 bridgehead atoms. The molecular weight excluding hydrogens is 360 g/mol. The molecule has 0 spiro atoms. The summed E-state index contributed by atoms with van der Waals surface area (Å²) < 4.78 is 0. The zero-order chi connectivity index (χ0) is 20.8. The van der Waals surface area contributed by atoms with E-state index in [4.69, 9.17) is 9.97 Å². The highest BCUT2D eigenvalue weighted by Gasteiger charge is 2.24. The lowest BCUT2D eigenvalue weighted by atomic mass is 10.1. The van der Waals surface area contributed by atoms with Crippen LogP contribution < -0.4 is 4.90 Å². The van der Waals surface area contributed by atoms with E-state index in [0.29, 0.717) is 12.3 Å². The minimum atomic E-state index is 0.299. The first-order chi connectivity index (χ1) is 14.0. The SMILES string of the molecule is CCCCCC(=O)N1CCN(c2nc(-c3cccc(C)c3)nc(C)c2CC)CC1. The fraction of sp³-hybridized carbons (Fsp3) is 0.542. The van der Waals surface area contributed by atoms with Crippen LogP contribution in [0.15, 0.2) is 24.3 Å². The molecule has 0 N–H and O–H groups in total. The van der Waals surface area contributed by atoms with E-state index in [9.17, 15) is 4.79 Å². The van der Waals surface area contributed by atoms with Crippen LogP contribution >= 0.6 is 0 Å². The van der Waals surface area contributed by atoms with Crippen molar-refractivity contribution in [2.75, 3.05) is 31.1 Å². The predicted molar refractivity (Wildman–Crippen MR) is 119 cm³/mol. The van der Waals surface area contributed by atoms with E-state index in [2.05, 4.69) is 56.9 Å². The summed E-state index contributed by atoms with van der Waals surface area (Å²) >= 11 is 0. The van der Waals surface area contributed by atoms with Crippen LogP contribution in [0.1, 0.15) is 56.4 Å². The van der Waals surface area contributed by atoms with Gasteiger partial charge in [0.05, 0.1) is 0 Å². The van der Waals surface area contributed by atoms with Gasteiger partial charge < -0.3 is 9.80 Å². The first kappa shape index (κ1) is 21.3. The summed E-state index contributed by atoms with van der Waals surface area (Å²) in [5, 5.41) is 0. The largest absolute Gasteiger partial charge is 0.353 e. The number of hydrogen-bond acceptors (Lipinski definition) is 4. The molecule has 1 aliphatic heterocycles. The molecule has 3 rings (SSSR count). The molecule has 0 atom stereocenters. The summed E-state index contributed by atoms with van der Waals surface area (Å²) in [5.41, 5.74) is 4.53. The van der Waals surface area contributed by atoms with E-state index in [1.807, 2.05) is 4.90 Å². The first-order valence-electron chi connectivity index (χ1n) is 11.0. The lowest BCUT2D eigenvalue weighted by Crippen LogP contribution is -2.49. The molecule has 0 unspecified atom stereocenters. The molecule has 1 aliphatic rings. The normalized spacial score (nSPS) is 14.3. The Labute approximate surface area is 175 Å². The number of carbonyl (C=O) groups excluding carboxylic acids is 1. The number of aryl methyl sites for hydroxylation is 2. The van der Waals surface area contributed by atoms with Gasteiger partial charge in [-0.05, 0) is 32.8 Å². The third kappa shape index (κ3) is 5.14. The van der Waals surface area contributed by atoms with Crippen LogP contribution in [-0.4, -0.2) is 47.0 Å². The second-order valence-corrected chi connectivity index (χ2v) is 7.98. The Morgan fingerprint density at radius 2 is 1.79 bits per heavy atom. The molecule has 2 heterocycles. The number of hydrogen-bond donors (Lipinski definition) is 0. The maximum atomic E-state index is 12.4. The van der Waals surface area contributed by atoms with Crippen molar-refractivity contribution in [1.29, 1.82) is 0 Å². The van der Waals surface area contributed by atoms with Crippen LogP contribution in [0.25, 0.3) is 11.4 Å². The number of anilines is 1. The molecule has 5 heteroatoms. The first-order valence-corrected chi connectivity index (χ1v) is 11.0. The van der Waals surface area contributed by atoms with Gasteiger partial charge in [-0.15, -0.1) is 0 Å². The average Bonchev–Trinajstić information content (AvgIpc) is 2.73. The molecule has 5 nitrogen and oxygen atoms in total. The lowest BCUT2D eigenvalue weighted by molar-refractivity contribution is -0.131. The molecule has 1 amide bonds. The van der Waals surface area contributed by atoms with Crippen LogP contribution in [0.5, 0.6) is 0 Å². The zero-order valence-electron chi connectivity index (χ0n) is 18.4. The van der Waals surface area contributed by atoms with Crippen molar-refractivity contribution in [2.45, 2.75) is 59.8 Å². The van der Waals surface area contributed by atoms with Crippen LogP contribution in [0.4, 0.5) is 5.82 Å². The number of amides is 1. The van der Waals surface area contributed by atoms with Gasteiger partial charge in [-0.2, -0.15) is 0 Å². The summed E-state index contributed by atoms with van der Waals surface area (Å²) in [7, 11) is 0. The van der Waals surface area contributed by atoms with Crippen molar-refractivity contribution in [1.82, 2.24) is 14.9 Å². The van der Waals surface area contributed by atoms with E-state index < -0.39 is 0 Å². The molecule has 1 fully saturated rings. The Bertz CT molecular complexity index is 841. The Hall–Kier alpha value is -2.43. The molecule has 0 radical (unpaired) electrons. The zero-order valence-corrected chi connectivity index (χ0v) is 18.4. The van der Waals surface area contributed by atoms with E-state index >= 15 is 0 Å². The van der Waals surface area contributed by atoms with Crippen LogP contribution in [0.3, 0.4) is 0 Å². The number of nitrogens with zero attached hydrogens (tertiary/aromatic N) is 4. The Balaban J connectivity index is 1.77. The van der Waals surface area contributed by atoms with E-state index in [0.717, 1.165) is 74.8 Å². The minimum absolute atomic E-state index is 0.299. The van der Waals surface area contributed by atoms with Crippen LogP contribution in [0.2, 0.25) is 0 Å². The molecule has 1 aromatic heterocycles. The van der Waals surface area contributed by atoms with Gasteiger partial charge in [0, 0.05) is 49.4 Å². The van der Waals surface area contributed by atoms with Crippen molar-refractivity contribution in [2.24, 2.45) is 0 Å². The standard InChI is InChI=1S/C24H34N4O/c1-5-7-8-12-22(29)27-13-15-28(16-14-27)24-21(6-2)19(4)25-23(26-24)20-11-9-10-18(3)17-20/h9-11,17H,5-8,12-16H2,1-4H3. The summed E-state index contributed by atoms with van der Waals surface area (Å²) in [5.74, 6) is 2.12. The van der Waals surface area contributed by atoms with Gasteiger partial charge in [0.1, 0.15) is 5.82 Å².